The summed E-state index contributed by atoms with van der Waals surface area (Å²) < 4.78 is 0. The molecule has 2 nitrogen and oxygen atoms in total. The number of hydrogen-bond donors (Lipinski definition) is 0. The van der Waals surface area contributed by atoms with E-state index in [1.165, 1.54) is 16.0 Å². The molecule has 1 aliphatic heterocycles. The van der Waals surface area contributed by atoms with Crippen LogP contribution in [0.1, 0.15) is 28.3 Å². The molecule has 1 aromatic carbocycles. The smallest absolute Gasteiger partial charge is 0.226 e. The first-order valence-electron chi connectivity index (χ1n) is 7.32. The second kappa shape index (κ2) is 5.15. The van der Waals surface area contributed by atoms with Crippen molar-refractivity contribution in [1.82, 2.24) is 4.90 Å². The Morgan fingerprint density at radius 2 is 2.24 bits per heavy atom. The number of benzene rings is 1. The van der Waals surface area contributed by atoms with Crippen molar-refractivity contribution in [1.29, 1.82) is 0 Å². The number of rotatable bonds is 2. The fourth-order valence-electron chi connectivity index (χ4n) is 3.24. The fourth-order valence-corrected chi connectivity index (χ4v) is 4.33. The molecule has 2 atom stereocenters. The minimum Gasteiger partial charge on any atom is -0.338 e. The predicted octanol–water partition coefficient (Wildman–Crippen LogP) is 4.09. The van der Waals surface area contributed by atoms with Crippen molar-refractivity contribution in [3.63, 3.8) is 0 Å². The Bertz CT molecular complexity index is 696. The van der Waals surface area contributed by atoms with Crippen molar-refractivity contribution in [3.05, 3.63) is 56.7 Å². The summed E-state index contributed by atoms with van der Waals surface area (Å²) in [6, 6.07) is 10.1. The first-order chi connectivity index (χ1) is 10.2. The molecule has 108 valence electrons. The number of thiophene rings is 1. The SMILES string of the molecule is O=C([C@H]1C[C@H]1c1cccc(Cl)c1)N1CCc2sccc2C1. The second-order valence-corrected chi connectivity index (χ2v) is 7.32. The second-order valence-electron chi connectivity index (χ2n) is 5.88. The standard InChI is InChI=1S/C17H16ClNOS/c18-13-3-1-2-11(8-13)14-9-15(14)17(20)19-6-4-16-12(10-19)5-7-21-16/h1-3,5,7-8,14-15H,4,6,9-10H2/t14-,15-/m0/s1. The van der Waals surface area contributed by atoms with E-state index in [0.29, 0.717) is 11.8 Å². The summed E-state index contributed by atoms with van der Waals surface area (Å²) in [6.45, 7) is 1.65. The largest absolute Gasteiger partial charge is 0.338 e. The van der Waals surface area contributed by atoms with Crippen LogP contribution in [0.4, 0.5) is 0 Å². The number of carbonyl (C=O) groups excluding carboxylic acids is 1. The van der Waals surface area contributed by atoms with Gasteiger partial charge in [-0.2, -0.15) is 0 Å². The molecule has 0 unspecified atom stereocenters. The zero-order valence-corrected chi connectivity index (χ0v) is 13.2. The molecule has 2 aliphatic rings. The number of fused-ring (bicyclic) bond motifs is 1. The van der Waals surface area contributed by atoms with Gasteiger partial charge in [-0.1, -0.05) is 23.7 Å². The van der Waals surface area contributed by atoms with Crippen LogP contribution < -0.4 is 0 Å². The van der Waals surface area contributed by atoms with Crippen molar-refractivity contribution >= 4 is 28.8 Å². The maximum Gasteiger partial charge on any atom is 0.226 e. The van der Waals surface area contributed by atoms with E-state index in [4.69, 9.17) is 11.6 Å². The molecule has 1 aromatic heterocycles. The van der Waals surface area contributed by atoms with Crippen LogP contribution in [-0.2, 0) is 17.8 Å². The number of hydrogen-bond acceptors (Lipinski definition) is 2. The Labute approximate surface area is 133 Å². The van der Waals surface area contributed by atoms with E-state index in [1.807, 2.05) is 34.4 Å². The van der Waals surface area contributed by atoms with Gasteiger partial charge in [0.2, 0.25) is 5.91 Å². The van der Waals surface area contributed by atoms with Crippen LogP contribution in [0.3, 0.4) is 0 Å². The Balaban J connectivity index is 1.46. The molecule has 2 aromatic rings. The van der Waals surface area contributed by atoms with Gasteiger partial charge in [-0.25, -0.2) is 0 Å². The van der Waals surface area contributed by atoms with Gasteiger partial charge in [0.25, 0.3) is 0 Å². The first kappa shape index (κ1) is 13.4. The van der Waals surface area contributed by atoms with Gasteiger partial charge in [-0.15, -0.1) is 11.3 Å². The highest BCUT2D eigenvalue weighted by Gasteiger charge is 2.46. The van der Waals surface area contributed by atoms with E-state index < -0.39 is 0 Å². The summed E-state index contributed by atoms with van der Waals surface area (Å²) in [5.41, 5.74) is 2.54. The highest BCUT2D eigenvalue weighted by molar-refractivity contribution is 7.10. The lowest BCUT2D eigenvalue weighted by Gasteiger charge is -2.27. The van der Waals surface area contributed by atoms with E-state index in [2.05, 4.69) is 17.5 Å². The zero-order chi connectivity index (χ0) is 14.4. The van der Waals surface area contributed by atoms with E-state index >= 15 is 0 Å². The van der Waals surface area contributed by atoms with Crippen LogP contribution in [0.2, 0.25) is 5.02 Å². The van der Waals surface area contributed by atoms with Crippen LogP contribution in [0.5, 0.6) is 0 Å². The zero-order valence-electron chi connectivity index (χ0n) is 11.6. The molecule has 0 bridgehead atoms. The maximum absolute atomic E-state index is 12.7. The van der Waals surface area contributed by atoms with Crippen LogP contribution in [0.25, 0.3) is 0 Å². The Morgan fingerprint density at radius 3 is 3.10 bits per heavy atom. The monoisotopic (exact) mass is 317 g/mol. The molecule has 4 rings (SSSR count). The average molecular weight is 318 g/mol. The van der Waals surface area contributed by atoms with Gasteiger partial charge in [0.15, 0.2) is 0 Å². The van der Waals surface area contributed by atoms with Crippen LogP contribution in [0, 0.1) is 5.92 Å². The van der Waals surface area contributed by atoms with Gasteiger partial charge in [0.05, 0.1) is 0 Å². The third-order valence-corrected chi connectivity index (χ3v) is 5.76. The molecule has 0 spiro atoms. The van der Waals surface area contributed by atoms with Crippen molar-refractivity contribution in [3.8, 4) is 0 Å². The van der Waals surface area contributed by atoms with Crippen molar-refractivity contribution in [2.75, 3.05) is 6.54 Å². The summed E-state index contributed by atoms with van der Waals surface area (Å²) in [6.07, 6.45) is 1.97. The fraction of sp³-hybridized carbons (Fsp3) is 0.353. The van der Waals surface area contributed by atoms with Gasteiger partial charge < -0.3 is 4.90 Å². The van der Waals surface area contributed by atoms with Gasteiger partial charge in [-0.3, -0.25) is 4.79 Å². The Hall–Kier alpha value is -1.32. The van der Waals surface area contributed by atoms with E-state index in [-0.39, 0.29) is 5.92 Å². The number of amides is 1. The first-order valence-corrected chi connectivity index (χ1v) is 8.57. The Morgan fingerprint density at radius 1 is 1.33 bits per heavy atom. The van der Waals surface area contributed by atoms with Gasteiger partial charge in [0.1, 0.15) is 0 Å². The minimum absolute atomic E-state index is 0.156. The van der Waals surface area contributed by atoms with Crippen molar-refractivity contribution in [2.45, 2.75) is 25.3 Å². The molecular weight excluding hydrogens is 302 g/mol. The molecule has 1 amide bonds. The summed E-state index contributed by atoms with van der Waals surface area (Å²) in [4.78, 5) is 16.1. The highest BCUT2D eigenvalue weighted by atomic mass is 35.5. The summed E-state index contributed by atoms with van der Waals surface area (Å²) in [7, 11) is 0. The number of halogens is 1. The van der Waals surface area contributed by atoms with E-state index in [0.717, 1.165) is 31.0 Å². The number of carbonyl (C=O) groups is 1. The third kappa shape index (κ3) is 2.49. The molecule has 1 aliphatic carbocycles. The molecule has 1 saturated carbocycles. The van der Waals surface area contributed by atoms with Crippen LogP contribution >= 0.6 is 22.9 Å². The molecule has 0 N–H and O–H groups in total. The van der Waals surface area contributed by atoms with E-state index in [1.54, 1.807) is 0 Å². The van der Waals surface area contributed by atoms with Gasteiger partial charge >= 0.3 is 0 Å². The molecule has 21 heavy (non-hydrogen) atoms. The topological polar surface area (TPSA) is 20.3 Å². The van der Waals surface area contributed by atoms with Crippen LogP contribution in [-0.4, -0.2) is 17.4 Å². The van der Waals surface area contributed by atoms with Crippen molar-refractivity contribution in [2.24, 2.45) is 5.92 Å². The van der Waals surface area contributed by atoms with Gasteiger partial charge in [0, 0.05) is 28.9 Å². The molecule has 0 radical (unpaired) electrons. The third-order valence-electron chi connectivity index (χ3n) is 4.50. The molecule has 4 heteroatoms. The van der Waals surface area contributed by atoms with Crippen molar-refractivity contribution < 1.29 is 4.79 Å². The summed E-state index contributed by atoms with van der Waals surface area (Å²) >= 11 is 7.85. The summed E-state index contributed by atoms with van der Waals surface area (Å²) in [5, 5.41) is 2.89. The maximum atomic E-state index is 12.7. The molecule has 1 fully saturated rings. The highest BCUT2D eigenvalue weighted by Crippen LogP contribution is 2.49. The quantitative estimate of drug-likeness (QED) is 0.817. The number of nitrogens with zero attached hydrogens (tertiary/aromatic N) is 1. The lowest BCUT2D eigenvalue weighted by Crippen LogP contribution is -2.36. The average Bonchev–Trinajstić information content (AvgIpc) is 3.16. The van der Waals surface area contributed by atoms with Gasteiger partial charge in [-0.05, 0) is 53.5 Å². The minimum atomic E-state index is 0.156. The van der Waals surface area contributed by atoms with Crippen LogP contribution in [0.15, 0.2) is 35.7 Å². The predicted molar refractivity (Wildman–Crippen MR) is 85.7 cm³/mol. The molecule has 2 heterocycles. The normalized spacial score (nSPS) is 23.8. The van der Waals surface area contributed by atoms with E-state index in [9.17, 15) is 4.79 Å². The lowest BCUT2D eigenvalue weighted by molar-refractivity contribution is -0.133. The Kier molecular flexibility index (Phi) is 3.27. The summed E-state index contributed by atoms with van der Waals surface area (Å²) in [5.74, 6) is 0.834. The molecule has 0 saturated heterocycles. The molecular formula is C17H16ClNOS. The lowest BCUT2D eigenvalue weighted by atomic mass is 10.1.